The van der Waals surface area contributed by atoms with Crippen molar-refractivity contribution in [2.75, 3.05) is 20.2 Å². The number of aryl methyl sites for hydroxylation is 1. The molecule has 5 nitrogen and oxygen atoms in total. The highest BCUT2D eigenvalue weighted by molar-refractivity contribution is 6.11. The van der Waals surface area contributed by atoms with Gasteiger partial charge in [-0.1, -0.05) is 5.92 Å². The van der Waals surface area contributed by atoms with Crippen molar-refractivity contribution in [3.63, 3.8) is 0 Å². The Kier molecular flexibility index (Phi) is 5.68. The van der Waals surface area contributed by atoms with E-state index in [1.54, 1.807) is 26.0 Å². The van der Waals surface area contributed by atoms with Crippen molar-refractivity contribution in [2.24, 2.45) is 5.41 Å². The molecule has 8 heteroatoms. The van der Waals surface area contributed by atoms with Crippen molar-refractivity contribution in [1.29, 1.82) is 0 Å². The number of benzene rings is 1. The Bertz CT molecular complexity index is 945. The first kappa shape index (κ1) is 21.9. The van der Waals surface area contributed by atoms with E-state index in [4.69, 9.17) is 4.74 Å². The monoisotopic (exact) mass is 421 g/mol. The Hall–Kier alpha value is -2.82. The Morgan fingerprint density at radius 2 is 1.83 bits per heavy atom. The molecule has 1 aromatic rings. The topological polar surface area (TPSA) is 63.7 Å². The van der Waals surface area contributed by atoms with Crippen LogP contribution in [0.15, 0.2) is 12.1 Å². The predicted molar refractivity (Wildman–Crippen MR) is 102 cm³/mol. The highest BCUT2D eigenvalue weighted by Gasteiger charge is 2.54. The summed E-state index contributed by atoms with van der Waals surface area (Å²) in [6, 6.07) is 3.48. The van der Waals surface area contributed by atoms with Crippen LogP contribution in [0, 0.1) is 24.2 Å². The Morgan fingerprint density at radius 1 is 1.23 bits per heavy atom. The highest BCUT2D eigenvalue weighted by Crippen LogP contribution is 2.47. The van der Waals surface area contributed by atoms with Crippen LogP contribution < -0.4 is 4.74 Å². The van der Waals surface area contributed by atoms with Crippen molar-refractivity contribution in [2.45, 2.75) is 45.2 Å². The fourth-order valence-corrected chi connectivity index (χ4v) is 4.48. The second kappa shape index (κ2) is 7.78. The minimum atomic E-state index is -4.58. The van der Waals surface area contributed by atoms with Gasteiger partial charge in [0, 0.05) is 42.5 Å². The molecule has 1 heterocycles. The van der Waals surface area contributed by atoms with Gasteiger partial charge < -0.3 is 9.64 Å². The molecule has 3 rings (SSSR count). The zero-order valence-corrected chi connectivity index (χ0v) is 17.0. The number of amides is 1. The highest BCUT2D eigenvalue weighted by atomic mass is 19.4. The predicted octanol–water partition coefficient (Wildman–Crippen LogP) is 3.17. The molecule has 30 heavy (non-hydrogen) atoms. The third-order valence-corrected chi connectivity index (χ3v) is 5.63. The smallest absolute Gasteiger partial charge is 0.397 e. The van der Waals surface area contributed by atoms with Crippen molar-refractivity contribution in [1.82, 2.24) is 4.90 Å². The zero-order valence-electron chi connectivity index (χ0n) is 17.0. The van der Waals surface area contributed by atoms with Crippen LogP contribution in [0.3, 0.4) is 0 Å². The molecule has 0 atom stereocenters. The number of halogens is 3. The maximum Gasteiger partial charge on any atom is 0.397 e. The number of ketones is 2. The summed E-state index contributed by atoms with van der Waals surface area (Å²) in [5.41, 5.74) is 1.17. The van der Waals surface area contributed by atoms with Crippen LogP contribution in [-0.2, 0) is 14.4 Å². The average Bonchev–Trinajstić information content (AvgIpc) is 2.59. The Balaban J connectivity index is 1.79. The standard InChI is InChI=1S/C22H22F3NO4/c1-4-5-14-6-13(2)19(17(7-14)30-3)20-15(27)8-21(9-16(20)28)11-26(12-21)18(29)10-22(23,24)25/h6-7,20H,8-12H2,1-3H3. The van der Waals surface area contributed by atoms with Gasteiger partial charge in [0.1, 0.15) is 29.7 Å². The second-order valence-electron chi connectivity index (χ2n) is 8.05. The molecule has 2 aliphatic rings. The van der Waals surface area contributed by atoms with E-state index >= 15 is 0 Å². The fourth-order valence-electron chi connectivity index (χ4n) is 4.48. The van der Waals surface area contributed by atoms with Crippen molar-refractivity contribution in [3.05, 3.63) is 28.8 Å². The first-order valence-electron chi connectivity index (χ1n) is 9.50. The number of alkyl halides is 3. The molecule has 2 fully saturated rings. The van der Waals surface area contributed by atoms with Crippen molar-refractivity contribution >= 4 is 17.5 Å². The summed E-state index contributed by atoms with van der Waals surface area (Å²) < 4.78 is 42.7. The SMILES string of the molecule is CC#Cc1cc(C)c(C2C(=O)CC3(CC2=O)CN(C(=O)CC(F)(F)F)C3)c(OC)c1. The zero-order chi connectivity index (χ0) is 22.3. The van der Waals surface area contributed by atoms with Crippen LogP contribution in [0.2, 0.25) is 0 Å². The Labute approximate surface area is 172 Å². The summed E-state index contributed by atoms with van der Waals surface area (Å²) in [6.07, 6.45) is -6.03. The summed E-state index contributed by atoms with van der Waals surface area (Å²) >= 11 is 0. The molecule has 1 saturated heterocycles. The lowest BCUT2D eigenvalue weighted by Crippen LogP contribution is -2.62. The average molecular weight is 421 g/mol. The van der Waals surface area contributed by atoms with Crippen molar-refractivity contribution < 1.29 is 32.3 Å². The molecule has 160 valence electrons. The van der Waals surface area contributed by atoms with E-state index in [-0.39, 0.29) is 37.5 Å². The number of hydrogen-bond acceptors (Lipinski definition) is 4. The van der Waals surface area contributed by atoms with Gasteiger partial charge in [-0.3, -0.25) is 14.4 Å². The number of carbonyl (C=O) groups excluding carboxylic acids is 3. The first-order valence-corrected chi connectivity index (χ1v) is 9.50. The minimum absolute atomic E-state index is 0.00669. The first-order chi connectivity index (χ1) is 14.0. The summed E-state index contributed by atoms with van der Waals surface area (Å²) in [6.45, 7) is 3.47. The molecule has 0 aromatic heterocycles. The molecule has 0 bridgehead atoms. The number of likely N-dealkylation sites (tertiary alicyclic amines) is 1. The molecular weight excluding hydrogens is 399 g/mol. The van der Waals surface area contributed by atoms with Gasteiger partial charge in [0.2, 0.25) is 5.91 Å². The van der Waals surface area contributed by atoms with Gasteiger partial charge in [0.05, 0.1) is 7.11 Å². The lowest BCUT2D eigenvalue weighted by atomic mass is 9.63. The summed E-state index contributed by atoms with van der Waals surface area (Å²) in [7, 11) is 1.46. The molecule has 0 N–H and O–H groups in total. The molecule has 1 aliphatic carbocycles. The molecule has 1 spiro atoms. The molecule has 1 amide bonds. The molecule has 1 aliphatic heterocycles. The fraction of sp³-hybridized carbons (Fsp3) is 0.500. The molecule has 0 unspecified atom stereocenters. The van der Waals surface area contributed by atoms with Crippen LogP contribution >= 0.6 is 0 Å². The van der Waals surface area contributed by atoms with E-state index in [0.717, 1.165) is 4.90 Å². The second-order valence-corrected chi connectivity index (χ2v) is 8.05. The number of carbonyl (C=O) groups is 3. The van der Waals surface area contributed by atoms with Gasteiger partial charge in [-0.2, -0.15) is 13.2 Å². The van der Waals surface area contributed by atoms with E-state index in [0.29, 0.717) is 22.4 Å². The number of rotatable bonds is 3. The van der Waals surface area contributed by atoms with Gasteiger partial charge in [-0.25, -0.2) is 0 Å². The van der Waals surface area contributed by atoms with E-state index < -0.39 is 29.8 Å². The number of Topliss-reactive ketones (excluding diaryl/α,β-unsaturated/α-hetero) is 2. The summed E-state index contributed by atoms with van der Waals surface area (Å²) in [5.74, 6) is 3.51. The third kappa shape index (κ3) is 4.20. The van der Waals surface area contributed by atoms with E-state index in [1.807, 2.05) is 0 Å². The van der Waals surface area contributed by atoms with Gasteiger partial charge in [0.15, 0.2) is 0 Å². The number of hydrogen-bond donors (Lipinski definition) is 0. The minimum Gasteiger partial charge on any atom is -0.496 e. The maximum atomic E-state index is 13.0. The van der Waals surface area contributed by atoms with Crippen LogP contribution in [0.4, 0.5) is 13.2 Å². The van der Waals surface area contributed by atoms with Crippen molar-refractivity contribution in [3.8, 4) is 17.6 Å². The Morgan fingerprint density at radius 3 is 2.33 bits per heavy atom. The van der Waals surface area contributed by atoms with Crippen LogP contribution in [-0.4, -0.2) is 48.7 Å². The summed E-state index contributed by atoms with van der Waals surface area (Å²) in [5, 5.41) is 0. The quantitative estimate of drug-likeness (QED) is 0.556. The van der Waals surface area contributed by atoms with Gasteiger partial charge in [0.25, 0.3) is 0 Å². The number of ether oxygens (including phenoxy) is 1. The third-order valence-electron chi connectivity index (χ3n) is 5.63. The van der Waals surface area contributed by atoms with Crippen LogP contribution in [0.1, 0.15) is 48.8 Å². The number of methoxy groups -OCH3 is 1. The van der Waals surface area contributed by atoms with E-state index in [1.165, 1.54) is 7.11 Å². The lowest BCUT2D eigenvalue weighted by Gasteiger charge is -2.52. The number of nitrogens with zero attached hydrogens (tertiary/aromatic N) is 1. The van der Waals surface area contributed by atoms with Gasteiger partial charge in [-0.15, -0.1) is 5.92 Å². The largest absolute Gasteiger partial charge is 0.496 e. The van der Waals surface area contributed by atoms with Crippen LogP contribution in [0.25, 0.3) is 0 Å². The summed E-state index contributed by atoms with van der Waals surface area (Å²) in [4.78, 5) is 38.7. The molecule has 1 saturated carbocycles. The molecular formula is C22H22F3NO4. The van der Waals surface area contributed by atoms with Crippen LogP contribution in [0.5, 0.6) is 5.75 Å². The van der Waals surface area contributed by atoms with E-state index in [2.05, 4.69) is 11.8 Å². The molecule has 0 radical (unpaired) electrons. The van der Waals surface area contributed by atoms with Gasteiger partial charge in [-0.05, 0) is 31.5 Å². The van der Waals surface area contributed by atoms with Gasteiger partial charge >= 0.3 is 6.18 Å². The maximum absolute atomic E-state index is 13.0. The molecule has 1 aromatic carbocycles. The lowest BCUT2D eigenvalue weighted by molar-refractivity contribution is -0.173. The normalized spacial score (nSPS) is 18.7. The van der Waals surface area contributed by atoms with E-state index in [9.17, 15) is 27.6 Å².